The minimum absolute atomic E-state index is 0.0664. The van der Waals surface area contributed by atoms with Crippen molar-refractivity contribution in [3.8, 4) is 0 Å². The molecule has 0 aliphatic heterocycles. The molecular formula is C23H24N2O2. The number of amides is 1. The van der Waals surface area contributed by atoms with Crippen LogP contribution >= 0.6 is 0 Å². The molecule has 1 aliphatic carbocycles. The number of benzene rings is 2. The van der Waals surface area contributed by atoms with Gasteiger partial charge in [-0.15, -0.1) is 0 Å². The van der Waals surface area contributed by atoms with E-state index in [2.05, 4.69) is 16.4 Å². The van der Waals surface area contributed by atoms with Crippen LogP contribution in [0.2, 0.25) is 0 Å². The molecule has 1 aliphatic rings. The highest BCUT2D eigenvalue weighted by Gasteiger charge is 2.36. The molecule has 4 rings (SSSR count). The zero-order chi connectivity index (χ0) is 18.8. The first-order valence-electron chi connectivity index (χ1n) is 9.57. The van der Waals surface area contributed by atoms with Gasteiger partial charge in [0.25, 0.3) is 5.56 Å². The molecule has 0 radical (unpaired) electrons. The van der Waals surface area contributed by atoms with Crippen molar-refractivity contribution in [3.05, 3.63) is 81.6 Å². The number of aromatic amines is 1. The van der Waals surface area contributed by atoms with Gasteiger partial charge in [0.15, 0.2) is 0 Å². The number of carbonyl (C=O) groups excluding carboxylic acids is 1. The first kappa shape index (κ1) is 17.5. The van der Waals surface area contributed by atoms with E-state index in [-0.39, 0.29) is 17.4 Å². The van der Waals surface area contributed by atoms with Crippen molar-refractivity contribution in [1.82, 2.24) is 10.3 Å². The van der Waals surface area contributed by atoms with Gasteiger partial charge in [-0.1, -0.05) is 42.0 Å². The number of aryl methyl sites for hydroxylation is 1. The topological polar surface area (TPSA) is 62.0 Å². The molecule has 1 aromatic heterocycles. The van der Waals surface area contributed by atoms with Crippen LogP contribution in [0.4, 0.5) is 0 Å². The number of hydrogen-bond donors (Lipinski definition) is 2. The maximum absolute atomic E-state index is 12.8. The van der Waals surface area contributed by atoms with E-state index in [1.807, 2.05) is 55.5 Å². The molecular weight excluding hydrogens is 336 g/mol. The Morgan fingerprint density at radius 3 is 2.67 bits per heavy atom. The maximum atomic E-state index is 12.8. The highest BCUT2D eigenvalue weighted by Crippen LogP contribution is 2.42. The van der Waals surface area contributed by atoms with Gasteiger partial charge in [0, 0.05) is 17.6 Å². The van der Waals surface area contributed by atoms with Gasteiger partial charge in [-0.25, -0.2) is 0 Å². The first-order chi connectivity index (χ1) is 13.1. The Morgan fingerprint density at radius 2 is 1.93 bits per heavy atom. The van der Waals surface area contributed by atoms with Crippen LogP contribution in [0.25, 0.3) is 10.9 Å². The van der Waals surface area contributed by atoms with Gasteiger partial charge in [0.2, 0.25) is 5.91 Å². The molecule has 0 bridgehead atoms. The zero-order valence-electron chi connectivity index (χ0n) is 15.5. The Hall–Kier alpha value is -2.88. The molecule has 27 heavy (non-hydrogen) atoms. The third-order valence-corrected chi connectivity index (χ3v) is 5.30. The normalized spacial score (nSPS) is 14.9. The van der Waals surface area contributed by atoms with Crippen LogP contribution in [0, 0.1) is 12.8 Å². The van der Waals surface area contributed by atoms with Gasteiger partial charge in [-0.3, -0.25) is 9.59 Å². The van der Waals surface area contributed by atoms with Crippen LogP contribution in [-0.4, -0.2) is 17.4 Å². The van der Waals surface area contributed by atoms with Gasteiger partial charge in [-0.05, 0) is 61.3 Å². The fraction of sp³-hybridized carbons (Fsp3) is 0.304. The summed E-state index contributed by atoms with van der Waals surface area (Å²) in [5, 5.41) is 4.07. The lowest BCUT2D eigenvalue weighted by Gasteiger charge is -2.16. The van der Waals surface area contributed by atoms with Crippen molar-refractivity contribution < 1.29 is 4.79 Å². The number of pyridine rings is 1. The fourth-order valence-corrected chi connectivity index (χ4v) is 3.71. The van der Waals surface area contributed by atoms with Gasteiger partial charge in [0.05, 0.1) is 5.92 Å². The van der Waals surface area contributed by atoms with Crippen molar-refractivity contribution in [2.75, 3.05) is 6.54 Å². The summed E-state index contributed by atoms with van der Waals surface area (Å²) < 4.78 is 0. The lowest BCUT2D eigenvalue weighted by molar-refractivity contribution is -0.123. The highest BCUT2D eigenvalue weighted by molar-refractivity contribution is 5.84. The summed E-state index contributed by atoms with van der Waals surface area (Å²) in [5.74, 6) is 0.431. The number of rotatable bonds is 6. The molecule has 0 spiro atoms. The van der Waals surface area contributed by atoms with Crippen molar-refractivity contribution in [2.45, 2.75) is 32.1 Å². The van der Waals surface area contributed by atoms with Gasteiger partial charge in [-0.2, -0.15) is 0 Å². The Kier molecular flexibility index (Phi) is 4.80. The number of hydrogen-bond acceptors (Lipinski definition) is 2. The molecule has 138 valence electrons. The van der Waals surface area contributed by atoms with Crippen LogP contribution in [0.1, 0.15) is 35.4 Å². The summed E-state index contributed by atoms with van der Waals surface area (Å²) in [7, 11) is 0. The SMILES string of the molecule is Cc1ccc2[nH]c(=O)c(CCNC(=O)C(c3ccccc3)C3CC3)cc2c1. The summed E-state index contributed by atoms with van der Waals surface area (Å²) in [6.45, 7) is 2.50. The quantitative estimate of drug-likeness (QED) is 0.704. The summed E-state index contributed by atoms with van der Waals surface area (Å²) in [5.41, 5.74) is 3.70. The molecule has 1 saturated carbocycles. The maximum Gasteiger partial charge on any atom is 0.251 e. The number of fused-ring (bicyclic) bond motifs is 1. The zero-order valence-corrected chi connectivity index (χ0v) is 15.5. The van der Waals surface area contributed by atoms with E-state index >= 15 is 0 Å². The molecule has 1 atom stereocenters. The summed E-state index contributed by atoms with van der Waals surface area (Å²) in [6.07, 6.45) is 2.74. The van der Waals surface area contributed by atoms with Crippen molar-refractivity contribution in [1.29, 1.82) is 0 Å². The second-order valence-corrected chi connectivity index (χ2v) is 7.48. The lowest BCUT2D eigenvalue weighted by Crippen LogP contribution is -2.32. The molecule has 1 fully saturated rings. The molecule has 1 unspecified atom stereocenters. The van der Waals surface area contributed by atoms with E-state index < -0.39 is 0 Å². The number of nitrogens with one attached hydrogen (secondary N) is 2. The molecule has 0 saturated heterocycles. The molecule has 1 amide bonds. The number of carbonyl (C=O) groups is 1. The number of H-pyrrole nitrogens is 1. The van der Waals surface area contributed by atoms with Crippen LogP contribution in [0.15, 0.2) is 59.4 Å². The Labute approximate surface area is 158 Å². The van der Waals surface area contributed by atoms with Crippen molar-refractivity contribution >= 4 is 16.8 Å². The Morgan fingerprint density at radius 1 is 1.15 bits per heavy atom. The third kappa shape index (κ3) is 3.95. The highest BCUT2D eigenvalue weighted by atomic mass is 16.2. The molecule has 4 nitrogen and oxygen atoms in total. The molecule has 4 heteroatoms. The Balaban J connectivity index is 1.44. The van der Waals surface area contributed by atoms with E-state index in [4.69, 9.17) is 0 Å². The standard InChI is InChI=1S/C23H24N2O2/c1-15-7-10-20-19(13-15)14-18(22(26)25-20)11-12-24-23(27)21(17-8-9-17)16-5-3-2-4-6-16/h2-7,10,13-14,17,21H,8-9,11-12H2,1H3,(H,24,27)(H,25,26). The van der Waals surface area contributed by atoms with E-state index in [1.54, 1.807) is 0 Å². The van der Waals surface area contributed by atoms with Crippen LogP contribution < -0.4 is 10.9 Å². The van der Waals surface area contributed by atoms with Crippen LogP contribution in [0.3, 0.4) is 0 Å². The molecule has 3 aromatic rings. The minimum atomic E-state index is -0.0811. The smallest absolute Gasteiger partial charge is 0.251 e. The van der Waals surface area contributed by atoms with Crippen molar-refractivity contribution in [3.63, 3.8) is 0 Å². The average molecular weight is 360 g/mol. The fourth-order valence-electron chi connectivity index (χ4n) is 3.71. The second-order valence-electron chi connectivity index (χ2n) is 7.48. The second kappa shape index (κ2) is 7.39. The van der Waals surface area contributed by atoms with E-state index in [9.17, 15) is 9.59 Å². The van der Waals surface area contributed by atoms with Gasteiger partial charge >= 0.3 is 0 Å². The molecule has 2 N–H and O–H groups in total. The van der Waals surface area contributed by atoms with Crippen LogP contribution in [0.5, 0.6) is 0 Å². The number of aromatic nitrogens is 1. The largest absolute Gasteiger partial charge is 0.355 e. The van der Waals surface area contributed by atoms with Crippen molar-refractivity contribution in [2.24, 2.45) is 5.92 Å². The summed E-state index contributed by atoms with van der Waals surface area (Å²) in [6, 6.07) is 17.9. The predicted octanol–water partition coefficient (Wildman–Crippen LogP) is 3.69. The first-order valence-corrected chi connectivity index (χ1v) is 9.57. The van der Waals surface area contributed by atoms with Crippen LogP contribution in [-0.2, 0) is 11.2 Å². The predicted molar refractivity (Wildman–Crippen MR) is 108 cm³/mol. The Bertz CT molecular complexity index is 1020. The van der Waals surface area contributed by atoms with E-state index in [0.717, 1.165) is 34.9 Å². The van der Waals surface area contributed by atoms with E-state index in [1.165, 1.54) is 0 Å². The lowest BCUT2D eigenvalue weighted by atomic mass is 9.93. The third-order valence-electron chi connectivity index (χ3n) is 5.30. The molecule has 1 heterocycles. The van der Waals surface area contributed by atoms with E-state index in [0.29, 0.717) is 24.4 Å². The minimum Gasteiger partial charge on any atom is -0.355 e. The van der Waals surface area contributed by atoms with Gasteiger partial charge < -0.3 is 10.3 Å². The summed E-state index contributed by atoms with van der Waals surface area (Å²) >= 11 is 0. The average Bonchev–Trinajstić information content (AvgIpc) is 3.48. The van der Waals surface area contributed by atoms with Gasteiger partial charge in [0.1, 0.15) is 0 Å². The monoisotopic (exact) mass is 360 g/mol. The summed E-state index contributed by atoms with van der Waals surface area (Å²) in [4.78, 5) is 28.0. The molecule has 2 aromatic carbocycles.